The number of nitrogens with one attached hydrogen (secondary N) is 4. The molecule has 0 radical (unpaired) electrons. The Bertz CT molecular complexity index is 568. The van der Waals surface area contributed by atoms with E-state index in [1.54, 1.807) is 0 Å². The predicted molar refractivity (Wildman–Crippen MR) is 106 cm³/mol. The summed E-state index contributed by atoms with van der Waals surface area (Å²) in [5.74, 6) is -1.39. The van der Waals surface area contributed by atoms with E-state index in [0.29, 0.717) is 13.0 Å². The predicted octanol–water partition coefficient (Wildman–Crippen LogP) is -0.494. The van der Waals surface area contributed by atoms with Crippen molar-refractivity contribution < 1.29 is 18.7 Å². The number of ether oxygens (including phenoxy) is 1. The van der Waals surface area contributed by atoms with Crippen molar-refractivity contribution in [2.45, 2.75) is 70.1 Å². The van der Waals surface area contributed by atoms with Crippen LogP contribution in [0.3, 0.4) is 0 Å². The number of nitrogens with zero attached hydrogens (tertiary/aromatic N) is 2. The van der Waals surface area contributed by atoms with Gasteiger partial charge in [-0.05, 0) is 32.6 Å². The molecule has 3 fully saturated rings. The lowest BCUT2D eigenvalue weighted by molar-refractivity contribution is -0.155. The first kappa shape index (κ1) is 22.4. The molecule has 0 bridgehead atoms. The molecule has 0 saturated carbocycles. The second-order valence-corrected chi connectivity index (χ2v) is 8.22. The first-order valence-corrected chi connectivity index (χ1v) is 10.7. The summed E-state index contributed by atoms with van der Waals surface area (Å²) in [5.41, 5.74) is 6.36. The molecule has 3 heterocycles. The van der Waals surface area contributed by atoms with Crippen LogP contribution in [0.4, 0.5) is 4.39 Å². The Kier molecular flexibility index (Phi) is 7.80. The van der Waals surface area contributed by atoms with Gasteiger partial charge >= 0.3 is 5.97 Å². The number of halogens is 1. The lowest BCUT2D eigenvalue weighted by atomic mass is 9.88. The van der Waals surface area contributed by atoms with Crippen LogP contribution >= 0.6 is 0 Å². The van der Waals surface area contributed by atoms with Crippen molar-refractivity contribution in [2.24, 2.45) is 5.92 Å². The molecular formula is C19H35FN6O3. The van der Waals surface area contributed by atoms with E-state index >= 15 is 0 Å². The summed E-state index contributed by atoms with van der Waals surface area (Å²) in [7, 11) is 1.30. The molecule has 3 saturated heterocycles. The highest BCUT2D eigenvalue weighted by Gasteiger charge is 2.46. The van der Waals surface area contributed by atoms with Crippen molar-refractivity contribution in [3.8, 4) is 0 Å². The first-order chi connectivity index (χ1) is 14.0. The van der Waals surface area contributed by atoms with Crippen LogP contribution in [0.5, 0.6) is 0 Å². The molecule has 9 nitrogen and oxygen atoms in total. The summed E-state index contributed by atoms with van der Waals surface area (Å²) in [5, 5.41) is 6.32. The fourth-order valence-electron chi connectivity index (χ4n) is 4.59. The van der Waals surface area contributed by atoms with Crippen LogP contribution in [-0.4, -0.2) is 85.7 Å². The fourth-order valence-corrected chi connectivity index (χ4v) is 4.59. The molecule has 29 heavy (non-hydrogen) atoms. The molecule has 4 N–H and O–H groups in total. The maximum atomic E-state index is 14.6. The topological polar surface area (TPSA) is 98.0 Å². The van der Waals surface area contributed by atoms with Crippen LogP contribution in [0.15, 0.2) is 0 Å². The van der Waals surface area contributed by atoms with E-state index in [1.807, 2.05) is 18.7 Å². The van der Waals surface area contributed by atoms with Gasteiger partial charge in [0.15, 0.2) is 0 Å². The van der Waals surface area contributed by atoms with E-state index in [-0.39, 0.29) is 24.5 Å². The first-order valence-electron chi connectivity index (χ1n) is 10.7. The van der Waals surface area contributed by atoms with Gasteiger partial charge < -0.3 is 15.4 Å². The van der Waals surface area contributed by atoms with Gasteiger partial charge in [0, 0.05) is 32.3 Å². The Balaban J connectivity index is 1.64. The standard InChI is InChI=1S/C19H35FN6O3/c1-4-8-26-12(2)14(20)10-13(19(28)29-3)17(26)22-18(27)15-5-6-16(24-23-15)25-9-7-21-11-25/h12-17,21,23-24H,4-11H2,1-3H3,(H,22,27). The van der Waals surface area contributed by atoms with Crippen LogP contribution in [0.1, 0.15) is 39.5 Å². The highest BCUT2D eigenvalue weighted by atomic mass is 19.1. The molecule has 3 rings (SSSR count). The van der Waals surface area contributed by atoms with Crippen molar-refractivity contribution >= 4 is 11.9 Å². The quantitative estimate of drug-likeness (QED) is 0.432. The number of likely N-dealkylation sites (tertiary alicyclic amines) is 1. The molecule has 3 aliphatic rings. The minimum absolute atomic E-state index is 0.0549. The number of hydrogen-bond acceptors (Lipinski definition) is 8. The normalized spacial score (nSPS) is 36.7. The van der Waals surface area contributed by atoms with Gasteiger partial charge in [0.2, 0.25) is 5.91 Å². The second-order valence-electron chi connectivity index (χ2n) is 8.22. The second kappa shape index (κ2) is 10.1. The molecule has 3 aliphatic heterocycles. The highest BCUT2D eigenvalue weighted by Crippen LogP contribution is 2.30. The van der Waals surface area contributed by atoms with Gasteiger partial charge in [-0.1, -0.05) is 6.92 Å². The molecule has 166 valence electrons. The van der Waals surface area contributed by atoms with E-state index < -0.39 is 30.3 Å². The average molecular weight is 415 g/mol. The average Bonchev–Trinajstić information content (AvgIpc) is 3.27. The summed E-state index contributed by atoms with van der Waals surface area (Å²) in [4.78, 5) is 29.5. The number of hydrogen-bond donors (Lipinski definition) is 4. The lowest BCUT2D eigenvalue weighted by Gasteiger charge is -2.46. The zero-order valence-electron chi connectivity index (χ0n) is 17.6. The number of carbonyl (C=O) groups excluding carboxylic acids is 2. The molecule has 1 amide bonds. The van der Waals surface area contributed by atoms with E-state index in [2.05, 4.69) is 26.4 Å². The van der Waals surface area contributed by atoms with Gasteiger partial charge in [0.05, 0.1) is 25.4 Å². The molecule has 6 unspecified atom stereocenters. The van der Waals surface area contributed by atoms with Gasteiger partial charge in [-0.15, -0.1) is 0 Å². The van der Waals surface area contributed by atoms with Crippen molar-refractivity contribution in [2.75, 3.05) is 33.4 Å². The van der Waals surface area contributed by atoms with Crippen LogP contribution < -0.4 is 21.5 Å². The largest absolute Gasteiger partial charge is 0.469 e. The zero-order chi connectivity index (χ0) is 21.0. The van der Waals surface area contributed by atoms with Crippen molar-refractivity contribution in [3.63, 3.8) is 0 Å². The molecular weight excluding hydrogens is 379 g/mol. The van der Waals surface area contributed by atoms with Gasteiger partial charge in [0.25, 0.3) is 0 Å². The Morgan fingerprint density at radius 3 is 2.66 bits per heavy atom. The number of methoxy groups -OCH3 is 1. The SMILES string of the molecule is CCCN1C(C)C(F)CC(C(=O)OC)C1NC(=O)C1CCC(N2CCNC2)NN1. The summed E-state index contributed by atoms with van der Waals surface area (Å²) in [6.45, 7) is 7.20. The lowest BCUT2D eigenvalue weighted by Crippen LogP contribution is -2.67. The Morgan fingerprint density at radius 2 is 2.07 bits per heavy atom. The summed E-state index contributed by atoms with van der Waals surface area (Å²) < 4.78 is 19.5. The van der Waals surface area contributed by atoms with Crippen LogP contribution in [0, 0.1) is 5.92 Å². The Labute approximate surface area is 172 Å². The summed E-state index contributed by atoms with van der Waals surface area (Å²) in [6.07, 6.45) is 0.869. The minimum atomic E-state index is -1.14. The molecule has 6 atom stereocenters. The molecule has 0 spiro atoms. The third-order valence-corrected chi connectivity index (χ3v) is 6.34. The van der Waals surface area contributed by atoms with Crippen LogP contribution in [-0.2, 0) is 14.3 Å². The number of carbonyl (C=O) groups is 2. The minimum Gasteiger partial charge on any atom is -0.469 e. The summed E-state index contributed by atoms with van der Waals surface area (Å²) in [6, 6.07) is -0.771. The van der Waals surface area contributed by atoms with Crippen molar-refractivity contribution in [1.82, 2.24) is 31.3 Å². The van der Waals surface area contributed by atoms with Gasteiger partial charge in [-0.3, -0.25) is 19.4 Å². The number of esters is 1. The number of piperidine rings is 1. The van der Waals surface area contributed by atoms with Crippen molar-refractivity contribution in [3.05, 3.63) is 0 Å². The highest BCUT2D eigenvalue weighted by molar-refractivity contribution is 5.83. The molecule has 10 heteroatoms. The number of hydrazine groups is 1. The molecule has 0 aromatic rings. The maximum absolute atomic E-state index is 14.6. The van der Waals surface area contributed by atoms with Crippen LogP contribution in [0.25, 0.3) is 0 Å². The molecule has 0 aromatic heterocycles. The molecule has 0 aliphatic carbocycles. The number of rotatable bonds is 6. The Morgan fingerprint density at radius 1 is 1.28 bits per heavy atom. The third-order valence-electron chi connectivity index (χ3n) is 6.34. The van der Waals surface area contributed by atoms with Gasteiger partial charge in [-0.2, -0.15) is 0 Å². The monoisotopic (exact) mass is 414 g/mol. The Hall–Kier alpha value is -1.33. The zero-order valence-corrected chi connectivity index (χ0v) is 17.6. The van der Waals surface area contributed by atoms with Crippen LogP contribution in [0.2, 0.25) is 0 Å². The van der Waals surface area contributed by atoms with Gasteiger partial charge in [-0.25, -0.2) is 15.2 Å². The maximum Gasteiger partial charge on any atom is 0.312 e. The number of amides is 1. The van der Waals surface area contributed by atoms with Gasteiger partial charge in [0.1, 0.15) is 12.2 Å². The van der Waals surface area contributed by atoms with E-state index in [4.69, 9.17) is 4.74 Å². The summed E-state index contributed by atoms with van der Waals surface area (Å²) >= 11 is 0. The smallest absolute Gasteiger partial charge is 0.312 e. The van der Waals surface area contributed by atoms with E-state index in [0.717, 1.165) is 32.6 Å². The van der Waals surface area contributed by atoms with Crippen molar-refractivity contribution in [1.29, 1.82) is 0 Å². The number of alkyl halides is 1. The van der Waals surface area contributed by atoms with E-state index in [1.165, 1.54) is 7.11 Å². The molecule has 0 aromatic carbocycles. The fraction of sp³-hybridized carbons (Fsp3) is 0.895. The third kappa shape index (κ3) is 5.05. The van der Waals surface area contributed by atoms with E-state index in [9.17, 15) is 14.0 Å².